The fourth-order valence-corrected chi connectivity index (χ4v) is 2.95. The Bertz CT molecular complexity index is 818. The Hall–Kier alpha value is -3.11. The summed E-state index contributed by atoms with van der Waals surface area (Å²) in [5.74, 6) is 0.0765. The standard InChI is InChI=1S/C19H20N4O3/c1-14(18(24)21-16-5-2-4-15(12-16)13-20)22-7-9-23(10-8-22)19(25)17-6-3-11-26-17/h2-6,11-12,14H,7-10H2,1H3,(H,21,24)/t14-/m0/s1. The Morgan fingerprint density at radius 2 is 1.96 bits per heavy atom. The van der Waals surface area contributed by atoms with Gasteiger partial charge in [0.2, 0.25) is 5.91 Å². The molecule has 1 fully saturated rings. The average molecular weight is 352 g/mol. The van der Waals surface area contributed by atoms with Crippen molar-refractivity contribution in [1.29, 1.82) is 5.26 Å². The van der Waals surface area contributed by atoms with Crippen molar-refractivity contribution in [1.82, 2.24) is 9.80 Å². The quantitative estimate of drug-likeness (QED) is 0.908. The molecule has 3 rings (SSSR count). The van der Waals surface area contributed by atoms with E-state index >= 15 is 0 Å². The Kier molecular flexibility index (Phi) is 5.34. The summed E-state index contributed by atoms with van der Waals surface area (Å²) in [6.45, 7) is 4.15. The zero-order valence-corrected chi connectivity index (χ0v) is 14.5. The Balaban J connectivity index is 1.54. The number of carbonyl (C=O) groups excluding carboxylic acids is 2. The lowest BCUT2D eigenvalue weighted by atomic mass is 10.2. The summed E-state index contributed by atoms with van der Waals surface area (Å²) in [6.07, 6.45) is 1.48. The number of piperazine rings is 1. The minimum atomic E-state index is -0.332. The van der Waals surface area contributed by atoms with Crippen molar-refractivity contribution in [3.8, 4) is 6.07 Å². The van der Waals surface area contributed by atoms with Crippen LogP contribution in [0, 0.1) is 11.3 Å². The summed E-state index contributed by atoms with van der Waals surface area (Å²) in [7, 11) is 0. The van der Waals surface area contributed by atoms with Gasteiger partial charge in [0.1, 0.15) is 0 Å². The molecule has 7 nitrogen and oxygen atoms in total. The van der Waals surface area contributed by atoms with E-state index in [1.165, 1.54) is 6.26 Å². The van der Waals surface area contributed by atoms with Crippen LogP contribution in [-0.2, 0) is 4.79 Å². The van der Waals surface area contributed by atoms with Crippen LogP contribution in [0.4, 0.5) is 5.69 Å². The number of nitriles is 1. The molecule has 1 N–H and O–H groups in total. The highest BCUT2D eigenvalue weighted by Gasteiger charge is 2.28. The van der Waals surface area contributed by atoms with Gasteiger partial charge in [-0.15, -0.1) is 0 Å². The molecule has 2 aromatic rings. The van der Waals surface area contributed by atoms with Crippen LogP contribution in [0.1, 0.15) is 23.0 Å². The van der Waals surface area contributed by atoms with Gasteiger partial charge in [-0.05, 0) is 37.3 Å². The summed E-state index contributed by atoms with van der Waals surface area (Å²) >= 11 is 0. The second-order valence-electron chi connectivity index (χ2n) is 6.16. The summed E-state index contributed by atoms with van der Waals surface area (Å²) in [6, 6.07) is 11.9. The number of carbonyl (C=O) groups is 2. The van der Waals surface area contributed by atoms with Crippen LogP contribution in [0.15, 0.2) is 47.1 Å². The number of nitrogens with one attached hydrogen (secondary N) is 1. The highest BCUT2D eigenvalue weighted by molar-refractivity contribution is 5.95. The van der Waals surface area contributed by atoms with E-state index in [1.54, 1.807) is 41.3 Å². The fourth-order valence-electron chi connectivity index (χ4n) is 2.95. The fraction of sp³-hybridized carbons (Fsp3) is 0.316. The molecular weight excluding hydrogens is 332 g/mol. The number of rotatable bonds is 4. The third kappa shape index (κ3) is 3.92. The van der Waals surface area contributed by atoms with Crippen LogP contribution in [0.5, 0.6) is 0 Å². The third-order valence-corrected chi connectivity index (χ3v) is 4.52. The Morgan fingerprint density at radius 3 is 2.62 bits per heavy atom. The molecule has 0 bridgehead atoms. The van der Waals surface area contributed by atoms with Gasteiger partial charge in [0.15, 0.2) is 5.76 Å². The molecule has 1 saturated heterocycles. The van der Waals surface area contributed by atoms with E-state index in [9.17, 15) is 9.59 Å². The molecule has 0 radical (unpaired) electrons. The molecule has 2 amide bonds. The maximum absolute atomic E-state index is 12.5. The van der Waals surface area contributed by atoms with E-state index in [4.69, 9.17) is 9.68 Å². The molecule has 1 atom stereocenters. The third-order valence-electron chi connectivity index (χ3n) is 4.52. The van der Waals surface area contributed by atoms with Crippen molar-refractivity contribution in [3.63, 3.8) is 0 Å². The van der Waals surface area contributed by atoms with Crippen LogP contribution in [0.2, 0.25) is 0 Å². The number of hydrogen-bond acceptors (Lipinski definition) is 5. The van der Waals surface area contributed by atoms with Crippen LogP contribution >= 0.6 is 0 Å². The molecule has 1 aliphatic rings. The lowest BCUT2D eigenvalue weighted by molar-refractivity contribution is -0.121. The molecule has 0 aliphatic carbocycles. The van der Waals surface area contributed by atoms with E-state index in [2.05, 4.69) is 11.4 Å². The van der Waals surface area contributed by atoms with Crippen molar-refractivity contribution in [2.45, 2.75) is 13.0 Å². The van der Waals surface area contributed by atoms with Crippen molar-refractivity contribution >= 4 is 17.5 Å². The lowest BCUT2D eigenvalue weighted by Gasteiger charge is -2.37. The number of benzene rings is 1. The van der Waals surface area contributed by atoms with Gasteiger partial charge in [0, 0.05) is 31.9 Å². The van der Waals surface area contributed by atoms with Gasteiger partial charge in [-0.3, -0.25) is 14.5 Å². The number of anilines is 1. The summed E-state index contributed by atoms with van der Waals surface area (Å²) in [5.41, 5.74) is 1.10. The van der Waals surface area contributed by atoms with E-state index in [0.29, 0.717) is 43.2 Å². The average Bonchev–Trinajstić information content (AvgIpc) is 3.22. The van der Waals surface area contributed by atoms with Crippen molar-refractivity contribution < 1.29 is 14.0 Å². The van der Waals surface area contributed by atoms with Gasteiger partial charge in [-0.1, -0.05) is 6.07 Å². The zero-order chi connectivity index (χ0) is 18.5. The maximum atomic E-state index is 12.5. The number of nitrogens with zero attached hydrogens (tertiary/aromatic N) is 3. The predicted molar refractivity (Wildman–Crippen MR) is 95.4 cm³/mol. The highest BCUT2D eigenvalue weighted by Crippen LogP contribution is 2.14. The first-order valence-corrected chi connectivity index (χ1v) is 8.46. The van der Waals surface area contributed by atoms with Crippen LogP contribution < -0.4 is 5.32 Å². The zero-order valence-electron chi connectivity index (χ0n) is 14.5. The monoisotopic (exact) mass is 352 g/mol. The molecule has 134 valence electrons. The molecule has 1 aliphatic heterocycles. The topological polar surface area (TPSA) is 89.6 Å². The Morgan fingerprint density at radius 1 is 1.19 bits per heavy atom. The molecule has 26 heavy (non-hydrogen) atoms. The maximum Gasteiger partial charge on any atom is 0.289 e. The summed E-state index contributed by atoms with van der Waals surface area (Å²) < 4.78 is 5.15. The second kappa shape index (κ2) is 7.85. The van der Waals surface area contributed by atoms with E-state index in [1.807, 2.05) is 11.8 Å². The predicted octanol–water partition coefficient (Wildman–Crippen LogP) is 1.94. The number of hydrogen-bond donors (Lipinski definition) is 1. The first-order chi connectivity index (χ1) is 12.6. The van der Waals surface area contributed by atoms with Gasteiger partial charge in [0.25, 0.3) is 5.91 Å². The molecule has 0 saturated carbocycles. The molecule has 1 aromatic carbocycles. The van der Waals surface area contributed by atoms with Crippen molar-refractivity contribution in [2.24, 2.45) is 0 Å². The highest BCUT2D eigenvalue weighted by atomic mass is 16.3. The first kappa shape index (κ1) is 17.7. The van der Waals surface area contributed by atoms with Crippen LogP contribution in [-0.4, -0.2) is 53.8 Å². The van der Waals surface area contributed by atoms with Gasteiger partial charge in [0.05, 0.1) is 23.9 Å². The smallest absolute Gasteiger partial charge is 0.289 e. The summed E-state index contributed by atoms with van der Waals surface area (Å²) in [4.78, 5) is 28.5. The van der Waals surface area contributed by atoms with E-state index in [-0.39, 0.29) is 17.9 Å². The first-order valence-electron chi connectivity index (χ1n) is 8.46. The largest absolute Gasteiger partial charge is 0.459 e. The van der Waals surface area contributed by atoms with E-state index < -0.39 is 0 Å². The van der Waals surface area contributed by atoms with Crippen molar-refractivity contribution in [3.05, 3.63) is 54.0 Å². The van der Waals surface area contributed by atoms with Gasteiger partial charge >= 0.3 is 0 Å². The molecule has 0 spiro atoms. The van der Waals surface area contributed by atoms with Crippen molar-refractivity contribution in [2.75, 3.05) is 31.5 Å². The van der Waals surface area contributed by atoms with E-state index in [0.717, 1.165) is 0 Å². The van der Waals surface area contributed by atoms with Gasteiger partial charge in [-0.25, -0.2) is 0 Å². The number of amides is 2. The molecule has 7 heteroatoms. The molecule has 2 heterocycles. The normalized spacial score (nSPS) is 15.9. The minimum Gasteiger partial charge on any atom is -0.459 e. The SMILES string of the molecule is C[C@@H](C(=O)Nc1cccc(C#N)c1)N1CCN(C(=O)c2ccco2)CC1. The van der Waals surface area contributed by atoms with Crippen LogP contribution in [0.3, 0.4) is 0 Å². The second-order valence-corrected chi connectivity index (χ2v) is 6.16. The molecule has 1 aromatic heterocycles. The molecular formula is C19H20N4O3. The summed E-state index contributed by atoms with van der Waals surface area (Å²) in [5, 5.41) is 11.8. The number of furan rings is 1. The van der Waals surface area contributed by atoms with Gasteiger partial charge < -0.3 is 14.6 Å². The minimum absolute atomic E-state index is 0.125. The molecule has 0 unspecified atom stereocenters. The van der Waals surface area contributed by atoms with Crippen LogP contribution in [0.25, 0.3) is 0 Å². The lowest BCUT2D eigenvalue weighted by Crippen LogP contribution is -2.54. The van der Waals surface area contributed by atoms with Gasteiger partial charge in [-0.2, -0.15) is 5.26 Å². The Labute approximate surface area is 151 Å².